The SMILES string of the molecule is CO/N=C(\C(=O)N[C@@H]1C(=O)N2C(C(=O)O)=C(C[n+]3cccc4c3CCC4)CS[C@H]12)c1csc(N)n1.O=S(=O)([O-])[O-]. The zero-order valence-corrected chi connectivity index (χ0v) is 23.3. The Morgan fingerprint density at radius 2 is 2.10 bits per heavy atom. The van der Waals surface area contributed by atoms with Gasteiger partial charge in [-0.2, -0.15) is 4.57 Å². The van der Waals surface area contributed by atoms with E-state index >= 15 is 0 Å². The lowest BCUT2D eigenvalue weighted by molar-refractivity contribution is -0.696. The number of rotatable bonds is 7. The van der Waals surface area contributed by atoms with Crippen molar-refractivity contribution in [3.63, 3.8) is 0 Å². The number of carboxylic acids is 1. The summed E-state index contributed by atoms with van der Waals surface area (Å²) in [6, 6.07) is 3.18. The molecule has 1 aliphatic carbocycles. The minimum absolute atomic E-state index is 0.00888. The van der Waals surface area contributed by atoms with Gasteiger partial charge in [-0.25, -0.2) is 9.78 Å². The van der Waals surface area contributed by atoms with E-state index < -0.39 is 39.6 Å². The largest absolute Gasteiger partial charge is 0.759 e. The molecule has 0 aromatic carbocycles. The van der Waals surface area contributed by atoms with Crippen molar-refractivity contribution in [2.45, 2.75) is 37.2 Å². The minimum atomic E-state index is -5.17. The number of nitrogens with one attached hydrogen (secondary N) is 1. The van der Waals surface area contributed by atoms with Gasteiger partial charge < -0.3 is 30.1 Å². The predicted octanol–water partition coefficient (Wildman–Crippen LogP) is -1.05. The molecular weight excluding hydrogens is 588 g/mol. The summed E-state index contributed by atoms with van der Waals surface area (Å²) in [5.74, 6) is -1.86. The van der Waals surface area contributed by atoms with Crippen molar-refractivity contribution in [1.82, 2.24) is 15.2 Å². The number of hydrogen-bond acceptors (Lipinski definition) is 13. The van der Waals surface area contributed by atoms with Crippen LogP contribution in [0.25, 0.3) is 0 Å². The molecule has 2 atom stereocenters. The third kappa shape index (κ3) is 6.41. The predicted molar refractivity (Wildman–Crippen MR) is 139 cm³/mol. The zero-order chi connectivity index (χ0) is 29.2. The molecule has 2 aliphatic heterocycles. The fourth-order valence-corrected chi connectivity index (χ4v) is 6.56. The first-order valence-electron chi connectivity index (χ1n) is 11.6. The number of nitrogens with zero attached hydrogens (tertiary/aromatic N) is 4. The van der Waals surface area contributed by atoms with Crippen LogP contribution in [0.3, 0.4) is 0 Å². The highest BCUT2D eigenvalue weighted by atomic mass is 32.3. The van der Waals surface area contributed by atoms with Crippen LogP contribution in [0.5, 0.6) is 0 Å². The second-order valence-electron chi connectivity index (χ2n) is 8.68. The van der Waals surface area contributed by atoms with E-state index in [-0.39, 0.29) is 22.2 Å². The second kappa shape index (κ2) is 11.9. The Morgan fingerprint density at radius 3 is 2.73 bits per heavy atom. The zero-order valence-electron chi connectivity index (χ0n) is 20.8. The maximum Gasteiger partial charge on any atom is 0.352 e. The first-order valence-corrected chi connectivity index (χ1v) is 14.9. The molecule has 1 fully saturated rings. The molecule has 4 N–H and O–H groups in total. The molecule has 0 bridgehead atoms. The van der Waals surface area contributed by atoms with Gasteiger partial charge in [0.05, 0.1) is 0 Å². The smallest absolute Gasteiger partial charge is 0.352 e. The first kappa shape index (κ1) is 29.4. The normalized spacial score (nSPS) is 20.1. The maximum atomic E-state index is 13.0. The van der Waals surface area contributed by atoms with Crippen molar-refractivity contribution in [1.29, 1.82) is 0 Å². The number of nitrogen functional groups attached to an aromatic ring is 1. The standard InChI is InChI=1S/C22H22N6O5S2.H2O4S/c1-33-26-15(13-10-35-22(23)24-13)18(29)25-16-19(30)28-17(21(31)32)12(9-34-20(16)28)8-27-7-3-5-11-4-2-6-14(11)27;1-5(2,3)4/h3,5,7,10,16,20H,2,4,6,8-9H2,1H3,(H3-,23,24,25,29,31,32);(H2,1,2,3,4)/p-1/b26-15-;/t16-,20-;/m1./s1. The van der Waals surface area contributed by atoms with E-state index in [1.54, 1.807) is 5.38 Å². The molecule has 2 amide bonds. The van der Waals surface area contributed by atoms with Gasteiger partial charge in [-0.3, -0.25) is 22.9 Å². The maximum absolute atomic E-state index is 13.0. The van der Waals surface area contributed by atoms with Crippen LogP contribution in [0, 0.1) is 0 Å². The van der Waals surface area contributed by atoms with Crippen LogP contribution in [0.2, 0.25) is 0 Å². The number of carbonyl (C=O) groups excluding carboxylic acids is 2. The lowest BCUT2D eigenvalue weighted by Crippen LogP contribution is -2.71. The molecular formula is C22H23N6O9S3-. The number of carbonyl (C=O) groups is 3. The lowest BCUT2D eigenvalue weighted by atomic mass is 10.0. The van der Waals surface area contributed by atoms with Crippen LogP contribution in [0.15, 0.2) is 40.1 Å². The van der Waals surface area contributed by atoms with Crippen molar-refractivity contribution < 1.29 is 46.4 Å². The van der Waals surface area contributed by atoms with Crippen molar-refractivity contribution in [2.75, 3.05) is 18.6 Å². The van der Waals surface area contributed by atoms with Crippen LogP contribution < -0.4 is 15.6 Å². The number of anilines is 1. The van der Waals surface area contributed by atoms with Crippen LogP contribution in [-0.2, 0) is 49.0 Å². The Kier molecular flexibility index (Phi) is 8.74. The summed E-state index contributed by atoms with van der Waals surface area (Å²) >= 11 is 2.57. The Morgan fingerprint density at radius 1 is 1.38 bits per heavy atom. The van der Waals surface area contributed by atoms with Crippen LogP contribution in [0.4, 0.5) is 5.13 Å². The molecule has 40 heavy (non-hydrogen) atoms. The number of β-lactam (4-membered cyclic amide) rings is 1. The lowest BCUT2D eigenvalue weighted by Gasteiger charge is -2.49. The Labute approximate surface area is 236 Å². The molecule has 0 unspecified atom stereocenters. The van der Waals surface area contributed by atoms with Gasteiger partial charge in [0.2, 0.25) is 0 Å². The number of nitrogens with two attached hydrogens (primary N) is 1. The number of aliphatic carboxylic acids is 1. The Hall–Kier alpha value is -3.58. The van der Waals surface area contributed by atoms with E-state index in [1.165, 1.54) is 35.0 Å². The van der Waals surface area contributed by atoms with Crippen molar-refractivity contribution in [2.24, 2.45) is 5.16 Å². The van der Waals surface area contributed by atoms with Gasteiger partial charge in [-0.05, 0) is 18.9 Å². The molecule has 0 radical (unpaired) electrons. The third-order valence-corrected chi connectivity index (χ3v) is 8.21. The first-order chi connectivity index (χ1) is 18.9. The Bertz CT molecular complexity index is 1510. The van der Waals surface area contributed by atoms with E-state index in [4.69, 9.17) is 28.1 Å². The third-order valence-electron chi connectivity index (χ3n) is 6.20. The van der Waals surface area contributed by atoms with Gasteiger partial charge in [0, 0.05) is 45.2 Å². The Balaban J connectivity index is 0.000000681. The number of amides is 2. The number of carboxylic acid groups (broad SMARTS) is 1. The van der Waals surface area contributed by atoms with E-state index in [0.29, 0.717) is 17.9 Å². The molecule has 15 nitrogen and oxygen atoms in total. The topological polar surface area (TPSA) is 231 Å². The number of pyridine rings is 1. The van der Waals surface area contributed by atoms with Gasteiger partial charge >= 0.3 is 5.97 Å². The van der Waals surface area contributed by atoms with E-state index in [9.17, 15) is 19.5 Å². The number of aromatic nitrogens is 2. The molecule has 18 heteroatoms. The summed E-state index contributed by atoms with van der Waals surface area (Å²) in [5, 5.41) is 17.7. The quantitative estimate of drug-likeness (QED) is 0.0850. The highest BCUT2D eigenvalue weighted by Crippen LogP contribution is 2.40. The number of thioether (sulfide) groups is 1. The molecule has 0 saturated carbocycles. The fourth-order valence-electron chi connectivity index (χ4n) is 4.67. The molecule has 2 aromatic rings. The minimum Gasteiger partial charge on any atom is -0.759 e. The van der Waals surface area contributed by atoms with Crippen LogP contribution >= 0.6 is 23.1 Å². The van der Waals surface area contributed by atoms with Crippen molar-refractivity contribution in [3.05, 3.63) is 51.9 Å². The average molecular weight is 612 g/mol. The van der Waals surface area contributed by atoms with Gasteiger partial charge in [0.25, 0.3) is 11.8 Å². The monoisotopic (exact) mass is 611 g/mol. The summed E-state index contributed by atoms with van der Waals surface area (Å²) < 4.78 is 36.2. The van der Waals surface area contributed by atoms with Crippen LogP contribution in [-0.4, -0.2) is 80.3 Å². The molecule has 1 saturated heterocycles. The van der Waals surface area contributed by atoms with Gasteiger partial charge in [-0.1, -0.05) is 5.16 Å². The summed E-state index contributed by atoms with van der Waals surface area (Å²) in [5.41, 5.74) is 8.92. The summed E-state index contributed by atoms with van der Waals surface area (Å²) in [6.45, 7) is 0.404. The summed E-state index contributed by atoms with van der Waals surface area (Å²) in [4.78, 5) is 48.2. The molecule has 214 valence electrons. The van der Waals surface area contributed by atoms with E-state index in [0.717, 1.165) is 30.6 Å². The number of fused-ring (bicyclic) bond motifs is 2. The molecule has 0 spiro atoms. The van der Waals surface area contributed by atoms with Gasteiger partial charge in [0.1, 0.15) is 29.9 Å². The number of oxime groups is 1. The fraction of sp³-hybridized carbons (Fsp3) is 0.364. The molecule has 4 heterocycles. The van der Waals surface area contributed by atoms with E-state index in [1.807, 2.05) is 12.3 Å². The summed E-state index contributed by atoms with van der Waals surface area (Å²) in [7, 11) is -3.87. The van der Waals surface area contributed by atoms with Crippen molar-refractivity contribution in [3.8, 4) is 0 Å². The molecule has 3 aliphatic rings. The highest BCUT2D eigenvalue weighted by Gasteiger charge is 2.55. The number of thiazole rings is 1. The highest BCUT2D eigenvalue weighted by molar-refractivity contribution is 8.00. The number of hydrogen-bond donors (Lipinski definition) is 3. The number of aryl methyl sites for hydroxylation is 1. The average Bonchev–Trinajstić information content (AvgIpc) is 3.53. The molecule has 2 aromatic heterocycles. The second-order valence-corrected chi connectivity index (χ2v) is 11.5. The van der Waals surface area contributed by atoms with Gasteiger partial charge in [0.15, 0.2) is 29.3 Å². The van der Waals surface area contributed by atoms with Crippen LogP contribution in [0.1, 0.15) is 23.4 Å². The van der Waals surface area contributed by atoms with Gasteiger partial charge in [-0.15, -0.1) is 23.1 Å². The summed E-state index contributed by atoms with van der Waals surface area (Å²) in [6.07, 6.45) is 5.01. The molecule has 5 rings (SSSR count). The van der Waals surface area contributed by atoms with E-state index in [2.05, 4.69) is 26.1 Å². The van der Waals surface area contributed by atoms with Crippen molar-refractivity contribution >= 4 is 62.1 Å².